The van der Waals surface area contributed by atoms with E-state index in [2.05, 4.69) is 19.2 Å². The molecule has 10 heteroatoms. The zero-order valence-corrected chi connectivity index (χ0v) is 17.0. The van der Waals surface area contributed by atoms with Crippen LogP contribution in [0.4, 0.5) is 11.4 Å². The number of non-ortho nitro benzene ring substituents is 1. The zero-order valence-electron chi connectivity index (χ0n) is 17.0. The second kappa shape index (κ2) is 9.10. The van der Waals surface area contributed by atoms with Crippen molar-refractivity contribution in [2.75, 3.05) is 24.7 Å². The lowest BCUT2D eigenvalue weighted by molar-refractivity contribution is -0.384. The van der Waals surface area contributed by atoms with Crippen LogP contribution in [0.25, 0.3) is 0 Å². The Hall–Kier alpha value is -3.17. The van der Waals surface area contributed by atoms with Crippen LogP contribution in [0.5, 0.6) is 5.75 Å². The first kappa shape index (κ1) is 21.5. The van der Waals surface area contributed by atoms with Gasteiger partial charge in [-0.1, -0.05) is 26.7 Å². The molecule has 1 aromatic rings. The molecule has 1 fully saturated rings. The summed E-state index contributed by atoms with van der Waals surface area (Å²) in [5, 5.41) is 13.9. The van der Waals surface area contributed by atoms with Crippen LogP contribution >= 0.6 is 0 Å². The summed E-state index contributed by atoms with van der Waals surface area (Å²) < 4.78 is 10.3. The van der Waals surface area contributed by atoms with E-state index in [4.69, 9.17) is 9.47 Å². The van der Waals surface area contributed by atoms with Crippen molar-refractivity contribution in [3.05, 3.63) is 28.3 Å². The number of nitro groups is 1. The molecule has 0 saturated heterocycles. The van der Waals surface area contributed by atoms with Crippen LogP contribution in [0.2, 0.25) is 0 Å². The predicted molar refractivity (Wildman–Crippen MR) is 106 cm³/mol. The van der Waals surface area contributed by atoms with Crippen molar-refractivity contribution in [2.24, 2.45) is 11.8 Å². The van der Waals surface area contributed by atoms with Crippen molar-refractivity contribution >= 4 is 29.2 Å². The molecule has 1 aliphatic heterocycles. The second-order valence-corrected chi connectivity index (χ2v) is 7.78. The van der Waals surface area contributed by atoms with Crippen molar-refractivity contribution in [3.8, 4) is 5.75 Å². The fourth-order valence-electron chi connectivity index (χ4n) is 3.83. The molecule has 10 nitrogen and oxygen atoms in total. The molecule has 1 heterocycles. The van der Waals surface area contributed by atoms with Gasteiger partial charge in [0.15, 0.2) is 13.2 Å². The van der Waals surface area contributed by atoms with Gasteiger partial charge in [0, 0.05) is 18.2 Å². The number of nitrogens with one attached hydrogen (secondary N) is 1. The van der Waals surface area contributed by atoms with Crippen LogP contribution in [-0.2, 0) is 19.1 Å². The molecular weight excluding hydrogens is 394 g/mol. The van der Waals surface area contributed by atoms with Gasteiger partial charge in [0.05, 0.1) is 10.6 Å². The van der Waals surface area contributed by atoms with Gasteiger partial charge in [-0.2, -0.15) is 0 Å². The highest BCUT2D eigenvalue weighted by molar-refractivity contribution is 6.01. The average Bonchev–Trinajstić information content (AvgIpc) is 2.71. The fraction of sp³-hybridized carbons (Fsp3) is 0.550. The summed E-state index contributed by atoms with van der Waals surface area (Å²) in [6.45, 7) is 3.04. The number of ether oxygens (including phenoxy) is 2. The van der Waals surface area contributed by atoms with E-state index in [9.17, 15) is 24.5 Å². The van der Waals surface area contributed by atoms with Crippen molar-refractivity contribution < 1.29 is 28.8 Å². The normalized spacial score (nSPS) is 23.2. The Kier molecular flexibility index (Phi) is 6.53. The molecule has 1 N–H and O–H groups in total. The third kappa shape index (κ3) is 4.87. The van der Waals surface area contributed by atoms with Crippen LogP contribution in [0, 0.1) is 22.0 Å². The lowest BCUT2D eigenvalue weighted by atomic mass is 9.78. The first-order chi connectivity index (χ1) is 14.3. The van der Waals surface area contributed by atoms with Gasteiger partial charge >= 0.3 is 5.97 Å². The SMILES string of the molecule is C[C@H]1[C@@H](NC(=O)COC(=O)CN2C(=O)COc3ccc([N+](=O)[O-])cc32)CCC[C@@H]1C. The molecule has 1 aromatic carbocycles. The molecule has 0 bridgehead atoms. The van der Waals surface area contributed by atoms with Gasteiger partial charge in [-0.25, -0.2) is 0 Å². The Morgan fingerprint density at radius 2 is 2.10 bits per heavy atom. The van der Waals surface area contributed by atoms with E-state index in [1.165, 1.54) is 12.1 Å². The number of amides is 2. The van der Waals surface area contributed by atoms with Gasteiger partial charge in [0.1, 0.15) is 12.3 Å². The fourth-order valence-corrected chi connectivity index (χ4v) is 3.83. The van der Waals surface area contributed by atoms with Crippen LogP contribution in [0.3, 0.4) is 0 Å². The Balaban J connectivity index is 1.57. The van der Waals surface area contributed by atoms with Crippen LogP contribution in [0.15, 0.2) is 18.2 Å². The van der Waals surface area contributed by atoms with E-state index in [1.807, 2.05) is 0 Å². The lowest BCUT2D eigenvalue weighted by Crippen LogP contribution is -2.46. The number of fused-ring (bicyclic) bond motifs is 1. The summed E-state index contributed by atoms with van der Waals surface area (Å²) in [7, 11) is 0. The van der Waals surface area contributed by atoms with E-state index in [0.717, 1.165) is 30.2 Å². The van der Waals surface area contributed by atoms with Crippen LogP contribution < -0.4 is 15.0 Å². The summed E-state index contributed by atoms with van der Waals surface area (Å²) in [4.78, 5) is 48.1. The Morgan fingerprint density at radius 3 is 2.83 bits per heavy atom. The Labute approximate surface area is 173 Å². The topological polar surface area (TPSA) is 128 Å². The quantitative estimate of drug-likeness (QED) is 0.423. The van der Waals surface area contributed by atoms with Crippen molar-refractivity contribution in [1.29, 1.82) is 0 Å². The number of nitrogens with zero attached hydrogens (tertiary/aromatic N) is 2. The highest BCUT2D eigenvalue weighted by Crippen LogP contribution is 2.35. The first-order valence-electron chi connectivity index (χ1n) is 9.93. The number of rotatable bonds is 6. The van der Waals surface area contributed by atoms with Gasteiger partial charge in [0.25, 0.3) is 17.5 Å². The molecule has 0 spiro atoms. The number of hydrogen-bond donors (Lipinski definition) is 1. The van der Waals surface area contributed by atoms with Gasteiger partial charge in [-0.15, -0.1) is 0 Å². The number of carbonyl (C=O) groups excluding carboxylic acids is 3. The molecule has 1 saturated carbocycles. The molecule has 3 rings (SSSR count). The molecule has 3 atom stereocenters. The molecule has 2 amide bonds. The third-order valence-corrected chi connectivity index (χ3v) is 5.80. The molecule has 1 aliphatic carbocycles. The van der Waals surface area contributed by atoms with Gasteiger partial charge < -0.3 is 14.8 Å². The minimum atomic E-state index is -0.789. The molecular formula is C20H25N3O7. The van der Waals surface area contributed by atoms with Gasteiger partial charge in [-0.05, 0) is 24.3 Å². The molecule has 2 aliphatic rings. The highest BCUT2D eigenvalue weighted by Gasteiger charge is 2.31. The number of carbonyl (C=O) groups is 3. The summed E-state index contributed by atoms with van der Waals surface area (Å²) >= 11 is 0. The van der Waals surface area contributed by atoms with Gasteiger partial charge in [-0.3, -0.25) is 29.4 Å². The molecule has 30 heavy (non-hydrogen) atoms. The molecule has 0 aromatic heterocycles. The highest BCUT2D eigenvalue weighted by atomic mass is 16.6. The standard InChI is InChI=1S/C20H25N3O7/c1-12-4-3-5-15(13(12)2)21-18(24)10-30-20(26)9-22-16-8-14(23(27)28)6-7-17(16)29-11-19(22)25/h6-8,12-13,15H,3-5,9-11H2,1-2H3,(H,21,24)/t12-,13+,15-/m0/s1. The van der Waals surface area contributed by atoms with E-state index in [0.29, 0.717) is 11.8 Å². The smallest absolute Gasteiger partial charge is 0.326 e. The van der Waals surface area contributed by atoms with Crippen molar-refractivity contribution in [2.45, 2.75) is 39.2 Å². The van der Waals surface area contributed by atoms with E-state index < -0.39 is 35.9 Å². The largest absolute Gasteiger partial charge is 0.482 e. The minimum Gasteiger partial charge on any atom is -0.482 e. The van der Waals surface area contributed by atoms with Crippen LogP contribution in [-0.4, -0.2) is 48.5 Å². The maximum absolute atomic E-state index is 12.2. The van der Waals surface area contributed by atoms with E-state index in [1.54, 1.807) is 0 Å². The molecule has 162 valence electrons. The number of anilines is 1. The van der Waals surface area contributed by atoms with Crippen molar-refractivity contribution in [3.63, 3.8) is 0 Å². The van der Waals surface area contributed by atoms with Crippen molar-refractivity contribution in [1.82, 2.24) is 5.32 Å². The van der Waals surface area contributed by atoms with Crippen LogP contribution in [0.1, 0.15) is 33.1 Å². The van der Waals surface area contributed by atoms with E-state index >= 15 is 0 Å². The Morgan fingerprint density at radius 1 is 1.33 bits per heavy atom. The Bertz CT molecular complexity index is 857. The monoisotopic (exact) mass is 419 g/mol. The summed E-state index contributed by atoms with van der Waals surface area (Å²) in [5.74, 6) is -0.596. The van der Waals surface area contributed by atoms with E-state index in [-0.39, 0.29) is 29.8 Å². The maximum Gasteiger partial charge on any atom is 0.326 e. The summed E-state index contributed by atoms with van der Waals surface area (Å²) in [5.41, 5.74) is -0.118. The summed E-state index contributed by atoms with van der Waals surface area (Å²) in [6, 6.07) is 3.84. The third-order valence-electron chi connectivity index (χ3n) is 5.80. The molecule has 0 radical (unpaired) electrons. The molecule has 0 unspecified atom stereocenters. The second-order valence-electron chi connectivity index (χ2n) is 7.78. The zero-order chi connectivity index (χ0) is 21.8. The predicted octanol–water partition coefficient (Wildman–Crippen LogP) is 1.80. The number of esters is 1. The first-order valence-corrected chi connectivity index (χ1v) is 9.93. The number of benzene rings is 1. The average molecular weight is 419 g/mol. The lowest BCUT2D eigenvalue weighted by Gasteiger charge is -2.34. The summed E-state index contributed by atoms with van der Waals surface area (Å²) in [6.07, 6.45) is 3.07. The number of nitro benzene ring substituents is 1. The maximum atomic E-state index is 12.2. The number of hydrogen-bond acceptors (Lipinski definition) is 7. The minimum absolute atomic E-state index is 0.0493. The van der Waals surface area contributed by atoms with Gasteiger partial charge in [0.2, 0.25) is 0 Å².